The molecule has 2 aliphatic heterocycles. The van der Waals surface area contributed by atoms with Gasteiger partial charge in [0.15, 0.2) is 0 Å². The minimum atomic E-state index is -0.155. The Hall–Kier alpha value is -0.810. The molecule has 18 heavy (non-hydrogen) atoms. The Bertz CT molecular complexity index is 324. The van der Waals surface area contributed by atoms with Crippen LogP contribution in [0.4, 0.5) is 0 Å². The van der Waals surface area contributed by atoms with Crippen molar-refractivity contribution in [2.24, 2.45) is 5.92 Å². The smallest absolute Gasteiger partial charge is 0.225 e. The summed E-state index contributed by atoms with van der Waals surface area (Å²) in [6.07, 6.45) is 2.32. The fraction of sp³-hybridized carbons (Fsp3) is 0.833. The van der Waals surface area contributed by atoms with Gasteiger partial charge in [-0.25, -0.2) is 0 Å². The number of nitrogens with zero attached hydrogens (tertiary/aromatic N) is 1. The number of hydrogen-bond acceptors (Lipinski definition) is 3. The highest BCUT2D eigenvalue weighted by atomic mass is 35.5. The first-order valence-corrected chi connectivity index (χ1v) is 6.34. The van der Waals surface area contributed by atoms with Crippen LogP contribution in [-0.4, -0.2) is 48.9 Å². The summed E-state index contributed by atoms with van der Waals surface area (Å²) in [5, 5.41) is 6.43. The van der Waals surface area contributed by atoms with Crippen LogP contribution < -0.4 is 10.6 Å². The van der Waals surface area contributed by atoms with Crippen molar-refractivity contribution in [2.75, 3.05) is 20.1 Å². The van der Waals surface area contributed by atoms with Crippen LogP contribution in [0.15, 0.2) is 0 Å². The first-order chi connectivity index (χ1) is 8.06. The molecule has 2 aliphatic rings. The predicted molar refractivity (Wildman–Crippen MR) is 71.6 cm³/mol. The van der Waals surface area contributed by atoms with Crippen molar-refractivity contribution >= 4 is 24.2 Å². The lowest BCUT2D eigenvalue weighted by Gasteiger charge is -2.29. The van der Waals surface area contributed by atoms with Gasteiger partial charge in [0.25, 0.3) is 0 Å². The van der Waals surface area contributed by atoms with Crippen molar-refractivity contribution in [2.45, 2.75) is 38.3 Å². The van der Waals surface area contributed by atoms with Crippen LogP contribution in [0, 0.1) is 5.92 Å². The highest BCUT2D eigenvalue weighted by Gasteiger charge is 2.33. The summed E-state index contributed by atoms with van der Waals surface area (Å²) in [7, 11) is 1.75. The largest absolute Gasteiger partial charge is 0.353 e. The number of hydrogen-bond donors (Lipinski definition) is 2. The van der Waals surface area contributed by atoms with Gasteiger partial charge in [-0.15, -0.1) is 12.4 Å². The lowest BCUT2D eigenvalue weighted by Crippen LogP contribution is -2.48. The highest BCUT2D eigenvalue weighted by molar-refractivity contribution is 5.89. The second kappa shape index (κ2) is 6.38. The number of carbonyl (C=O) groups is 2. The molecule has 104 valence electrons. The lowest BCUT2D eigenvalue weighted by molar-refractivity contribution is -0.128. The van der Waals surface area contributed by atoms with Gasteiger partial charge in [-0.2, -0.15) is 0 Å². The third kappa shape index (κ3) is 3.59. The van der Waals surface area contributed by atoms with Gasteiger partial charge in [-0.05, 0) is 26.3 Å². The van der Waals surface area contributed by atoms with Crippen LogP contribution in [0.5, 0.6) is 0 Å². The standard InChI is InChI=1S/C12H21N3O2.ClH/c1-8-5-10(3-4-13-8)14-12(17)9-6-11(16)15(2)7-9;/h8-10,13H,3-7H2,1-2H3,(H,14,17);1H. The van der Waals surface area contributed by atoms with Crippen molar-refractivity contribution in [1.29, 1.82) is 0 Å². The van der Waals surface area contributed by atoms with E-state index in [1.165, 1.54) is 0 Å². The van der Waals surface area contributed by atoms with Crippen LogP contribution in [0.3, 0.4) is 0 Å². The molecule has 6 heteroatoms. The molecule has 0 aliphatic carbocycles. The molecule has 0 spiro atoms. The Morgan fingerprint density at radius 3 is 2.78 bits per heavy atom. The molecule has 0 saturated carbocycles. The van der Waals surface area contributed by atoms with Crippen LogP contribution in [0.1, 0.15) is 26.2 Å². The summed E-state index contributed by atoms with van der Waals surface area (Å²) in [6, 6.07) is 0.724. The van der Waals surface area contributed by atoms with Crippen LogP contribution in [0.25, 0.3) is 0 Å². The summed E-state index contributed by atoms with van der Waals surface area (Å²) < 4.78 is 0. The minimum Gasteiger partial charge on any atom is -0.353 e. The van der Waals surface area contributed by atoms with Gasteiger partial charge in [0, 0.05) is 32.1 Å². The van der Waals surface area contributed by atoms with E-state index in [1.54, 1.807) is 11.9 Å². The molecule has 2 amide bonds. The third-order valence-electron chi connectivity index (χ3n) is 3.68. The Kier molecular flexibility index (Phi) is 5.41. The maximum atomic E-state index is 12.0. The fourth-order valence-corrected chi connectivity index (χ4v) is 2.62. The number of piperidine rings is 1. The van der Waals surface area contributed by atoms with Gasteiger partial charge < -0.3 is 15.5 Å². The predicted octanol–water partition coefficient (Wildman–Crippen LogP) is 0.143. The van der Waals surface area contributed by atoms with E-state index in [-0.39, 0.29) is 36.2 Å². The molecule has 2 rings (SSSR count). The molecule has 2 heterocycles. The van der Waals surface area contributed by atoms with E-state index in [0.717, 1.165) is 19.4 Å². The molecule has 0 aromatic heterocycles. The Morgan fingerprint density at radius 2 is 2.22 bits per heavy atom. The van der Waals surface area contributed by atoms with Gasteiger partial charge in [-0.1, -0.05) is 0 Å². The third-order valence-corrected chi connectivity index (χ3v) is 3.68. The van der Waals surface area contributed by atoms with E-state index in [9.17, 15) is 9.59 Å². The molecule has 2 fully saturated rings. The lowest BCUT2D eigenvalue weighted by atomic mass is 9.99. The van der Waals surface area contributed by atoms with E-state index >= 15 is 0 Å². The van der Waals surface area contributed by atoms with Crippen LogP contribution >= 0.6 is 12.4 Å². The van der Waals surface area contributed by atoms with Crippen molar-refractivity contribution in [3.63, 3.8) is 0 Å². The Balaban J connectivity index is 0.00000162. The summed E-state index contributed by atoms with van der Waals surface area (Å²) >= 11 is 0. The highest BCUT2D eigenvalue weighted by Crippen LogP contribution is 2.17. The Morgan fingerprint density at radius 1 is 1.50 bits per heavy atom. The number of likely N-dealkylation sites (tertiary alicyclic amines) is 1. The second-order valence-electron chi connectivity index (χ2n) is 5.26. The summed E-state index contributed by atoms with van der Waals surface area (Å²) in [6.45, 7) is 3.64. The first kappa shape index (κ1) is 15.2. The molecule has 0 aromatic rings. The molecule has 2 saturated heterocycles. The van der Waals surface area contributed by atoms with Crippen molar-refractivity contribution in [1.82, 2.24) is 15.5 Å². The summed E-state index contributed by atoms with van der Waals surface area (Å²) in [4.78, 5) is 25.0. The van der Waals surface area contributed by atoms with Crippen LogP contribution in [-0.2, 0) is 9.59 Å². The fourth-order valence-electron chi connectivity index (χ4n) is 2.62. The number of rotatable bonds is 2. The van der Waals surface area contributed by atoms with E-state index in [1.807, 2.05) is 0 Å². The van der Waals surface area contributed by atoms with Crippen LogP contribution in [0.2, 0.25) is 0 Å². The molecule has 3 unspecified atom stereocenters. The van der Waals surface area contributed by atoms with Gasteiger partial charge in [0.2, 0.25) is 11.8 Å². The van der Waals surface area contributed by atoms with E-state index in [0.29, 0.717) is 19.0 Å². The monoisotopic (exact) mass is 275 g/mol. The molecular formula is C12H22ClN3O2. The van der Waals surface area contributed by atoms with Crippen molar-refractivity contribution in [3.05, 3.63) is 0 Å². The average Bonchev–Trinajstić information content (AvgIpc) is 2.59. The first-order valence-electron chi connectivity index (χ1n) is 6.34. The number of nitrogens with one attached hydrogen (secondary N) is 2. The topological polar surface area (TPSA) is 61.4 Å². The molecule has 3 atom stereocenters. The number of amides is 2. The van der Waals surface area contributed by atoms with Crippen molar-refractivity contribution in [3.8, 4) is 0 Å². The average molecular weight is 276 g/mol. The van der Waals surface area contributed by atoms with Gasteiger partial charge >= 0.3 is 0 Å². The molecule has 0 aromatic carbocycles. The van der Waals surface area contributed by atoms with E-state index in [4.69, 9.17) is 0 Å². The van der Waals surface area contributed by atoms with E-state index < -0.39 is 0 Å². The normalized spacial score (nSPS) is 32.0. The quantitative estimate of drug-likeness (QED) is 0.754. The molecule has 2 N–H and O–H groups in total. The number of halogens is 1. The second-order valence-corrected chi connectivity index (χ2v) is 5.26. The zero-order valence-corrected chi connectivity index (χ0v) is 11.8. The molecule has 5 nitrogen and oxygen atoms in total. The maximum Gasteiger partial charge on any atom is 0.225 e. The van der Waals surface area contributed by atoms with Gasteiger partial charge in [0.05, 0.1) is 5.92 Å². The zero-order chi connectivity index (χ0) is 12.4. The minimum absolute atomic E-state index is 0. The molecule has 0 bridgehead atoms. The summed E-state index contributed by atoms with van der Waals surface area (Å²) in [5.74, 6) is -0.0386. The maximum absolute atomic E-state index is 12.0. The zero-order valence-electron chi connectivity index (χ0n) is 10.9. The van der Waals surface area contributed by atoms with Crippen molar-refractivity contribution < 1.29 is 9.59 Å². The SMILES string of the molecule is CC1CC(NC(=O)C2CC(=O)N(C)C2)CCN1.Cl. The molecular weight excluding hydrogens is 254 g/mol. The van der Waals surface area contributed by atoms with Gasteiger partial charge in [0.1, 0.15) is 0 Å². The Labute approximate surface area is 114 Å². The van der Waals surface area contributed by atoms with Gasteiger partial charge in [-0.3, -0.25) is 9.59 Å². The summed E-state index contributed by atoms with van der Waals surface area (Å²) in [5.41, 5.74) is 0. The molecule has 0 radical (unpaired) electrons. The number of carbonyl (C=O) groups excluding carboxylic acids is 2. The van der Waals surface area contributed by atoms with E-state index in [2.05, 4.69) is 17.6 Å².